The zero-order valence-electron chi connectivity index (χ0n) is 17.4. The average Bonchev–Trinajstić information content (AvgIpc) is 2.80. The minimum absolute atomic E-state index is 0.387. The number of anilines is 1. The molecule has 0 bridgehead atoms. The second kappa shape index (κ2) is 11.5. The molecule has 0 saturated carbocycles. The van der Waals surface area contributed by atoms with E-state index in [1.165, 1.54) is 6.21 Å². The van der Waals surface area contributed by atoms with Gasteiger partial charge in [-0.1, -0.05) is 48.0 Å². The smallest absolute Gasteiger partial charge is 0.329 e. The molecule has 0 aromatic heterocycles. The molecule has 8 heteroatoms. The number of para-hydroxylation sites is 2. The van der Waals surface area contributed by atoms with E-state index in [-0.39, 0.29) is 0 Å². The number of nitrogens with one attached hydrogen (secondary N) is 2. The third-order valence-electron chi connectivity index (χ3n) is 4.20. The number of amides is 2. The number of carbonyl (C=O) groups excluding carboxylic acids is 2. The summed E-state index contributed by atoms with van der Waals surface area (Å²) >= 11 is 5.88. The fourth-order valence-corrected chi connectivity index (χ4v) is 2.80. The largest absolute Gasteiger partial charge is 0.492 e. The maximum atomic E-state index is 12.1. The number of carbonyl (C=O) groups is 2. The van der Waals surface area contributed by atoms with E-state index in [0.717, 1.165) is 5.56 Å². The summed E-state index contributed by atoms with van der Waals surface area (Å²) in [5, 5.41) is 7.02. The quantitative estimate of drug-likeness (QED) is 0.301. The summed E-state index contributed by atoms with van der Waals surface area (Å²) < 4.78 is 11.2. The highest BCUT2D eigenvalue weighted by atomic mass is 35.5. The summed E-state index contributed by atoms with van der Waals surface area (Å²) in [4.78, 5) is 24.2. The molecular formula is C24H22ClN3O4. The third-order valence-corrected chi connectivity index (χ3v) is 4.45. The molecule has 2 amide bonds. The zero-order chi connectivity index (χ0) is 22.8. The molecular weight excluding hydrogens is 430 g/mol. The van der Waals surface area contributed by atoms with Crippen molar-refractivity contribution >= 4 is 35.3 Å². The number of ether oxygens (including phenoxy) is 2. The maximum absolute atomic E-state index is 12.1. The van der Waals surface area contributed by atoms with Crippen LogP contribution >= 0.6 is 11.6 Å². The predicted octanol–water partition coefficient (Wildman–Crippen LogP) is 4.41. The zero-order valence-corrected chi connectivity index (χ0v) is 18.1. The van der Waals surface area contributed by atoms with Crippen molar-refractivity contribution in [3.8, 4) is 11.5 Å². The summed E-state index contributed by atoms with van der Waals surface area (Å²) in [7, 11) is 0. The molecule has 0 unspecified atom stereocenters. The van der Waals surface area contributed by atoms with Gasteiger partial charge in [0.15, 0.2) is 0 Å². The molecule has 3 aromatic rings. The molecule has 0 heterocycles. The number of hydrogen-bond donors (Lipinski definition) is 2. The topological polar surface area (TPSA) is 89.0 Å². The van der Waals surface area contributed by atoms with Gasteiger partial charge in [-0.15, -0.1) is 0 Å². The Kier molecular flexibility index (Phi) is 8.22. The SMILES string of the molecule is CCOc1ccccc1NC(=O)C(=O)NN=Cc1cccc(OCc2ccc(Cl)cc2)c1. The average molecular weight is 452 g/mol. The molecule has 0 radical (unpaired) electrons. The molecule has 0 aliphatic rings. The van der Waals surface area contributed by atoms with E-state index in [9.17, 15) is 9.59 Å². The molecule has 0 aliphatic carbocycles. The molecule has 3 rings (SSSR count). The van der Waals surface area contributed by atoms with Crippen molar-refractivity contribution in [2.24, 2.45) is 5.10 Å². The first kappa shape index (κ1) is 22.8. The van der Waals surface area contributed by atoms with E-state index in [1.54, 1.807) is 54.6 Å². The standard InChI is InChI=1S/C24H22ClN3O4/c1-2-31-22-9-4-3-8-21(22)27-23(29)24(30)28-26-15-18-6-5-7-20(14-18)32-16-17-10-12-19(25)13-11-17/h3-15H,2,16H2,1H3,(H,27,29)(H,28,30). The Morgan fingerprint density at radius 2 is 1.75 bits per heavy atom. The summed E-state index contributed by atoms with van der Waals surface area (Å²) in [6, 6.07) is 21.4. The molecule has 32 heavy (non-hydrogen) atoms. The molecule has 0 fully saturated rings. The summed E-state index contributed by atoms with van der Waals surface area (Å²) in [6.07, 6.45) is 1.43. The van der Waals surface area contributed by atoms with Crippen LogP contribution in [0, 0.1) is 0 Å². The van der Waals surface area contributed by atoms with Crippen molar-refractivity contribution in [3.05, 3.63) is 88.9 Å². The Balaban J connectivity index is 1.52. The molecule has 0 aliphatic heterocycles. The van der Waals surface area contributed by atoms with E-state index in [2.05, 4.69) is 15.8 Å². The Morgan fingerprint density at radius 1 is 0.969 bits per heavy atom. The van der Waals surface area contributed by atoms with E-state index < -0.39 is 11.8 Å². The maximum Gasteiger partial charge on any atom is 0.329 e. The fourth-order valence-electron chi connectivity index (χ4n) is 2.68. The van der Waals surface area contributed by atoms with Gasteiger partial charge >= 0.3 is 11.8 Å². The van der Waals surface area contributed by atoms with Crippen LogP contribution in [-0.2, 0) is 16.2 Å². The Bertz CT molecular complexity index is 1100. The second-order valence-corrected chi connectivity index (χ2v) is 7.01. The normalized spacial score (nSPS) is 10.6. The Morgan fingerprint density at radius 3 is 2.53 bits per heavy atom. The van der Waals surface area contributed by atoms with Gasteiger partial charge in [-0.2, -0.15) is 5.10 Å². The highest BCUT2D eigenvalue weighted by Crippen LogP contribution is 2.23. The highest BCUT2D eigenvalue weighted by molar-refractivity contribution is 6.39. The first-order valence-electron chi connectivity index (χ1n) is 9.88. The van der Waals surface area contributed by atoms with E-state index >= 15 is 0 Å². The lowest BCUT2D eigenvalue weighted by atomic mass is 10.2. The third kappa shape index (κ3) is 6.85. The number of benzene rings is 3. The molecule has 0 saturated heterocycles. The summed E-state index contributed by atoms with van der Waals surface area (Å²) in [5.74, 6) is -0.632. The first-order valence-corrected chi connectivity index (χ1v) is 10.3. The van der Waals surface area contributed by atoms with Gasteiger partial charge in [0.2, 0.25) is 0 Å². The molecule has 3 aromatic carbocycles. The first-order chi connectivity index (χ1) is 15.5. The number of halogens is 1. The number of nitrogens with zero attached hydrogens (tertiary/aromatic N) is 1. The van der Waals surface area contributed by atoms with E-state index in [1.807, 2.05) is 25.1 Å². The van der Waals surface area contributed by atoms with Crippen molar-refractivity contribution in [1.29, 1.82) is 0 Å². The van der Waals surface area contributed by atoms with Crippen molar-refractivity contribution in [2.75, 3.05) is 11.9 Å². The fraction of sp³-hybridized carbons (Fsp3) is 0.125. The van der Waals surface area contributed by atoms with Crippen LogP contribution in [0.25, 0.3) is 0 Å². The molecule has 0 spiro atoms. The molecule has 0 atom stereocenters. The van der Waals surface area contributed by atoms with E-state index in [4.69, 9.17) is 21.1 Å². The second-order valence-electron chi connectivity index (χ2n) is 6.57. The number of rotatable bonds is 8. The van der Waals surface area contributed by atoms with Crippen molar-refractivity contribution in [2.45, 2.75) is 13.5 Å². The van der Waals surface area contributed by atoms with Crippen molar-refractivity contribution < 1.29 is 19.1 Å². The molecule has 7 nitrogen and oxygen atoms in total. The van der Waals surface area contributed by atoms with Crippen LogP contribution in [0.2, 0.25) is 5.02 Å². The van der Waals surface area contributed by atoms with Gasteiger partial charge in [-0.3, -0.25) is 9.59 Å². The minimum Gasteiger partial charge on any atom is -0.492 e. The van der Waals surface area contributed by atoms with Crippen LogP contribution in [0.15, 0.2) is 77.9 Å². The Hall–Kier alpha value is -3.84. The van der Waals surface area contributed by atoms with Crippen LogP contribution in [0.5, 0.6) is 11.5 Å². The van der Waals surface area contributed by atoms with E-state index in [0.29, 0.717) is 41.0 Å². The van der Waals surface area contributed by atoms with Gasteiger partial charge in [-0.25, -0.2) is 5.43 Å². The van der Waals surface area contributed by atoms with Crippen molar-refractivity contribution in [3.63, 3.8) is 0 Å². The summed E-state index contributed by atoms with van der Waals surface area (Å²) in [5.41, 5.74) is 4.30. The molecule has 2 N–H and O–H groups in total. The van der Waals surface area contributed by atoms with Crippen LogP contribution < -0.4 is 20.2 Å². The van der Waals surface area contributed by atoms with Crippen LogP contribution in [-0.4, -0.2) is 24.6 Å². The van der Waals surface area contributed by atoms with Crippen LogP contribution in [0.4, 0.5) is 5.69 Å². The van der Waals surface area contributed by atoms with Crippen molar-refractivity contribution in [1.82, 2.24) is 5.43 Å². The monoisotopic (exact) mass is 451 g/mol. The number of hydrazone groups is 1. The molecule has 164 valence electrons. The van der Waals surface area contributed by atoms with Gasteiger partial charge in [0.05, 0.1) is 18.5 Å². The highest BCUT2D eigenvalue weighted by Gasteiger charge is 2.15. The lowest BCUT2D eigenvalue weighted by molar-refractivity contribution is -0.136. The summed E-state index contributed by atoms with van der Waals surface area (Å²) in [6.45, 7) is 2.65. The lowest BCUT2D eigenvalue weighted by Gasteiger charge is -2.10. The van der Waals surface area contributed by atoms with Crippen LogP contribution in [0.3, 0.4) is 0 Å². The van der Waals surface area contributed by atoms with Gasteiger partial charge in [0, 0.05) is 5.02 Å². The minimum atomic E-state index is -0.900. The Labute approximate surface area is 191 Å². The van der Waals surface area contributed by atoms with Gasteiger partial charge in [0.1, 0.15) is 18.1 Å². The lowest BCUT2D eigenvalue weighted by Crippen LogP contribution is -2.32. The number of hydrogen-bond acceptors (Lipinski definition) is 5. The van der Waals surface area contributed by atoms with Crippen LogP contribution in [0.1, 0.15) is 18.1 Å². The van der Waals surface area contributed by atoms with Gasteiger partial charge in [0.25, 0.3) is 0 Å². The van der Waals surface area contributed by atoms with Gasteiger partial charge in [-0.05, 0) is 54.4 Å². The van der Waals surface area contributed by atoms with Gasteiger partial charge < -0.3 is 14.8 Å². The predicted molar refractivity (Wildman–Crippen MR) is 124 cm³/mol.